The van der Waals surface area contributed by atoms with Crippen molar-refractivity contribution >= 4 is 5.65 Å². The molecule has 2 aromatic heterocycles. The van der Waals surface area contributed by atoms with E-state index in [1.54, 1.807) is 0 Å². The zero-order chi connectivity index (χ0) is 18.8. The van der Waals surface area contributed by atoms with Crippen molar-refractivity contribution in [2.45, 2.75) is 31.5 Å². The molecule has 2 fully saturated rings. The van der Waals surface area contributed by atoms with Crippen LogP contribution < -0.4 is 5.32 Å². The van der Waals surface area contributed by atoms with Gasteiger partial charge in [0.05, 0.1) is 0 Å². The zero-order valence-corrected chi connectivity index (χ0v) is 16.2. The molecule has 0 bridgehead atoms. The van der Waals surface area contributed by atoms with E-state index in [1.165, 1.54) is 38.2 Å². The van der Waals surface area contributed by atoms with Gasteiger partial charge in [0.15, 0.2) is 5.65 Å². The van der Waals surface area contributed by atoms with E-state index in [0.29, 0.717) is 12.1 Å². The van der Waals surface area contributed by atoms with Gasteiger partial charge in [0, 0.05) is 64.0 Å². The van der Waals surface area contributed by atoms with Crippen molar-refractivity contribution in [3.8, 4) is 0 Å². The maximum Gasteiger partial charge on any atom is 0.160 e. The van der Waals surface area contributed by atoms with Crippen LogP contribution in [0.15, 0.2) is 54.7 Å². The predicted molar refractivity (Wildman–Crippen MR) is 110 cm³/mol. The lowest BCUT2D eigenvalue weighted by Crippen LogP contribution is -2.49. The molecule has 6 heteroatoms. The van der Waals surface area contributed by atoms with E-state index >= 15 is 0 Å². The van der Waals surface area contributed by atoms with Gasteiger partial charge in [0.1, 0.15) is 5.82 Å². The molecule has 2 atom stereocenters. The third kappa shape index (κ3) is 3.81. The van der Waals surface area contributed by atoms with Gasteiger partial charge < -0.3 is 5.32 Å². The third-order valence-electron chi connectivity index (χ3n) is 6.12. The number of pyridine rings is 1. The summed E-state index contributed by atoms with van der Waals surface area (Å²) in [5, 5.41) is 12.3. The molecule has 0 amide bonds. The van der Waals surface area contributed by atoms with Gasteiger partial charge in [0.25, 0.3) is 0 Å². The Morgan fingerprint density at radius 2 is 1.86 bits per heavy atom. The first-order chi connectivity index (χ1) is 13.8. The van der Waals surface area contributed by atoms with Gasteiger partial charge in [-0.25, -0.2) is 0 Å². The first-order valence-electron chi connectivity index (χ1n) is 10.4. The maximum absolute atomic E-state index is 4.34. The minimum absolute atomic E-state index is 0.584. The van der Waals surface area contributed by atoms with E-state index in [0.717, 1.165) is 31.0 Å². The second-order valence-electron chi connectivity index (χ2n) is 8.05. The Balaban J connectivity index is 1.11. The highest BCUT2D eigenvalue weighted by molar-refractivity contribution is 5.37. The number of fused-ring (bicyclic) bond motifs is 2. The summed E-state index contributed by atoms with van der Waals surface area (Å²) in [5.41, 5.74) is 2.35. The average Bonchev–Trinajstić information content (AvgIpc) is 3.32. The van der Waals surface area contributed by atoms with Gasteiger partial charge in [-0.3, -0.25) is 14.2 Å². The maximum atomic E-state index is 4.34. The summed E-state index contributed by atoms with van der Waals surface area (Å²) in [6.45, 7) is 6.73. The number of nitrogens with one attached hydrogen (secondary N) is 1. The Morgan fingerprint density at radius 3 is 2.79 bits per heavy atom. The van der Waals surface area contributed by atoms with Gasteiger partial charge in [-0.1, -0.05) is 36.4 Å². The molecule has 0 aliphatic carbocycles. The minimum Gasteiger partial charge on any atom is -0.312 e. The van der Waals surface area contributed by atoms with Crippen molar-refractivity contribution in [3.05, 3.63) is 66.1 Å². The third-order valence-corrected chi connectivity index (χ3v) is 6.12. The normalized spacial score (nSPS) is 23.3. The number of benzene rings is 1. The topological polar surface area (TPSA) is 48.7 Å². The van der Waals surface area contributed by atoms with E-state index in [1.807, 2.05) is 24.4 Å². The Hall–Kier alpha value is -2.28. The Bertz CT molecular complexity index is 908. The average molecular weight is 377 g/mol. The van der Waals surface area contributed by atoms with Crippen LogP contribution in [-0.2, 0) is 13.0 Å². The first-order valence-corrected chi connectivity index (χ1v) is 10.4. The molecule has 0 saturated carbocycles. The van der Waals surface area contributed by atoms with E-state index in [-0.39, 0.29) is 0 Å². The zero-order valence-electron chi connectivity index (χ0n) is 16.2. The van der Waals surface area contributed by atoms with Gasteiger partial charge in [0.2, 0.25) is 0 Å². The van der Waals surface area contributed by atoms with Gasteiger partial charge >= 0.3 is 0 Å². The largest absolute Gasteiger partial charge is 0.312 e. The fraction of sp³-hybridized carbons (Fsp3) is 0.455. The molecule has 4 heterocycles. The molecule has 1 unspecified atom stereocenters. The highest BCUT2D eigenvalue weighted by Crippen LogP contribution is 2.23. The van der Waals surface area contributed by atoms with Crippen LogP contribution in [0, 0.1) is 0 Å². The molecule has 146 valence electrons. The SMILES string of the molecule is c1ccc(CN2CCN3CC(NCCc4nnc5ccccn45)C[C@H]3C2)cc1. The summed E-state index contributed by atoms with van der Waals surface area (Å²) in [7, 11) is 0. The molecule has 6 nitrogen and oxygen atoms in total. The van der Waals surface area contributed by atoms with Crippen LogP contribution in [0.5, 0.6) is 0 Å². The number of aromatic nitrogens is 3. The summed E-state index contributed by atoms with van der Waals surface area (Å²) in [6.07, 6.45) is 4.19. The van der Waals surface area contributed by atoms with Crippen LogP contribution in [-0.4, -0.2) is 69.2 Å². The molecular formula is C22H28N6. The first kappa shape index (κ1) is 17.8. The standard InChI is InChI=1S/C22H28N6/c1-2-6-18(7-3-1)15-26-12-13-27-16-19(14-20(27)17-26)23-10-9-22-25-24-21-8-4-5-11-28(21)22/h1-8,11,19-20,23H,9-10,12-17H2/t19?,20-/m0/s1. The van der Waals surface area contributed by atoms with Gasteiger partial charge in [-0.2, -0.15) is 0 Å². The molecule has 3 aromatic rings. The van der Waals surface area contributed by atoms with Crippen molar-refractivity contribution < 1.29 is 0 Å². The number of piperazine rings is 1. The van der Waals surface area contributed by atoms with Crippen molar-refractivity contribution in [1.82, 2.24) is 29.7 Å². The van der Waals surface area contributed by atoms with Crippen molar-refractivity contribution in [1.29, 1.82) is 0 Å². The van der Waals surface area contributed by atoms with Gasteiger partial charge in [-0.15, -0.1) is 10.2 Å². The number of hydrogen-bond acceptors (Lipinski definition) is 5. The summed E-state index contributed by atoms with van der Waals surface area (Å²) < 4.78 is 2.08. The minimum atomic E-state index is 0.584. The number of rotatable bonds is 6. The molecule has 0 spiro atoms. The highest BCUT2D eigenvalue weighted by atomic mass is 15.3. The summed E-state index contributed by atoms with van der Waals surface area (Å²) in [5.74, 6) is 1.04. The molecule has 1 N–H and O–H groups in total. The number of nitrogens with zero attached hydrogens (tertiary/aromatic N) is 5. The second-order valence-corrected chi connectivity index (χ2v) is 8.05. The lowest BCUT2D eigenvalue weighted by molar-refractivity contribution is 0.0991. The van der Waals surface area contributed by atoms with Crippen molar-refractivity contribution in [2.75, 3.05) is 32.7 Å². The Kier molecular flexibility index (Phi) is 5.08. The molecule has 0 radical (unpaired) electrons. The van der Waals surface area contributed by atoms with E-state index in [4.69, 9.17) is 0 Å². The smallest absolute Gasteiger partial charge is 0.160 e. The quantitative estimate of drug-likeness (QED) is 0.711. The van der Waals surface area contributed by atoms with Crippen LogP contribution in [0.4, 0.5) is 0 Å². The van der Waals surface area contributed by atoms with Crippen LogP contribution in [0.25, 0.3) is 5.65 Å². The second kappa shape index (κ2) is 7.99. The van der Waals surface area contributed by atoms with Crippen LogP contribution >= 0.6 is 0 Å². The summed E-state index contributed by atoms with van der Waals surface area (Å²) >= 11 is 0. The lowest BCUT2D eigenvalue weighted by Gasteiger charge is -2.37. The van der Waals surface area contributed by atoms with Gasteiger partial charge in [-0.05, 0) is 24.1 Å². The molecule has 28 heavy (non-hydrogen) atoms. The fourth-order valence-electron chi connectivity index (χ4n) is 4.69. The fourth-order valence-corrected chi connectivity index (χ4v) is 4.69. The molecule has 2 aliphatic rings. The van der Waals surface area contributed by atoms with Crippen LogP contribution in [0.1, 0.15) is 17.8 Å². The molecular weight excluding hydrogens is 348 g/mol. The Morgan fingerprint density at radius 1 is 0.964 bits per heavy atom. The summed E-state index contributed by atoms with van der Waals surface area (Å²) in [4.78, 5) is 5.28. The number of hydrogen-bond donors (Lipinski definition) is 1. The highest BCUT2D eigenvalue weighted by Gasteiger charge is 2.35. The lowest BCUT2D eigenvalue weighted by atomic mass is 10.1. The predicted octanol–water partition coefficient (Wildman–Crippen LogP) is 1.82. The van der Waals surface area contributed by atoms with Crippen molar-refractivity contribution in [3.63, 3.8) is 0 Å². The van der Waals surface area contributed by atoms with E-state index in [9.17, 15) is 0 Å². The van der Waals surface area contributed by atoms with Crippen molar-refractivity contribution in [2.24, 2.45) is 0 Å². The molecule has 2 aliphatic heterocycles. The molecule has 2 saturated heterocycles. The molecule has 1 aromatic carbocycles. The van der Waals surface area contributed by atoms with E-state index < -0.39 is 0 Å². The monoisotopic (exact) mass is 376 g/mol. The van der Waals surface area contributed by atoms with Crippen LogP contribution in [0.3, 0.4) is 0 Å². The Labute approximate surface area is 166 Å². The van der Waals surface area contributed by atoms with E-state index in [2.05, 4.69) is 60.0 Å². The van der Waals surface area contributed by atoms with Crippen LogP contribution in [0.2, 0.25) is 0 Å². The summed E-state index contributed by atoms with van der Waals surface area (Å²) in [6, 6.07) is 18.1. The molecule has 5 rings (SSSR count).